The van der Waals surface area contributed by atoms with Gasteiger partial charge in [-0.15, -0.1) is 0 Å². The van der Waals surface area contributed by atoms with Crippen molar-refractivity contribution in [1.29, 1.82) is 0 Å². The number of hydrogen-bond donors (Lipinski definition) is 0. The Hall–Kier alpha value is -0.214. The van der Waals surface area contributed by atoms with Crippen molar-refractivity contribution >= 4 is 10.1 Å². The molecule has 2 rings (SSSR count). The minimum Gasteiger partial charge on any atom is -0.744 e. The number of hydrogen-bond acceptors (Lipinski definition) is 4. The van der Waals surface area contributed by atoms with Gasteiger partial charge in [-0.25, -0.2) is 8.42 Å². The number of ether oxygens (including phenoxy) is 1. The fraction of sp³-hybridized carbons (Fsp3) is 0.400. The van der Waals surface area contributed by atoms with Crippen molar-refractivity contribution in [2.45, 2.75) is 56.8 Å². The smallest absolute Gasteiger partial charge is 0.744 e. The van der Waals surface area contributed by atoms with E-state index in [1.165, 1.54) is 68.4 Å². The largest absolute Gasteiger partial charge is 1.00 e. The molecule has 4 nitrogen and oxygen atoms in total. The van der Waals surface area contributed by atoms with Gasteiger partial charge in [0.05, 0.1) is 4.90 Å². The van der Waals surface area contributed by atoms with Crippen molar-refractivity contribution < 1.29 is 69.1 Å². The van der Waals surface area contributed by atoms with Crippen molar-refractivity contribution in [1.82, 2.24) is 0 Å². The van der Waals surface area contributed by atoms with Crippen LogP contribution in [0.25, 0.3) is 0 Å². The van der Waals surface area contributed by atoms with Gasteiger partial charge in [-0.3, -0.25) is 0 Å². The van der Waals surface area contributed by atoms with E-state index in [1.54, 1.807) is 0 Å². The van der Waals surface area contributed by atoms with Crippen LogP contribution in [-0.2, 0) is 16.5 Å². The first-order valence-corrected chi connectivity index (χ1v) is 10.2. The Bertz CT molecular complexity index is 740. The van der Waals surface area contributed by atoms with Crippen LogP contribution in [0.4, 0.5) is 0 Å². The molecule has 0 bridgehead atoms. The molecule has 0 atom stereocenters. The monoisotopic (exact) mass is 400 g/mol. The first kappa shape index (κ1) is 23.8. The fourth-order valence-corrected chi connectivity index (χ4v) is 3.11. The van der Waals surface area contributed by atoms with E-state index in [-0.39, 0.29) is 56.3 Å². The standard InChI is InChI=1S/C20H26O4S.K/c1-2-3-4-5-6-7-8-17-9-11-18(12-10-17)24-19-13-15-20(16-14-19)25(21,22)23;/h9-16H,2-8H2,1H3,(H,21,22,23);/q;+1/p-1. The molecule has 0 spiro atoms. The second-order valence-electron chi connectivity index (χ2n) is 6.19. The molecule has 136 valence electrons. The van der Waals surface area contributed by atoms with E-state index in [1.807, 2.05) is 12.1 Å². The van der Waals surface area contributed by atoms with Gasteiger partial charge in [-0.05, 0) is 54.8 Å². The number of benzene rings is 2. The Labute approximate surface area is 199 Å². The van der Waals surface area contributed by atoms with Gasteiger partial charge in [0.1, 0.15) is 21.6 Å². The maximum atomic E-state index is 10.9. The van der Waals surface area contributed by atoms with Crippen LogP contribution < -0.4 is 56.1 Å². The molecule has 0 N–H and O–H groups in total. The predicted octanol–water partition coefficient (Wildman–Crippen LogP) is 2.29. The number of rotatable bonds is 10. The SMILES string of the molecule is CCCCCCCCc1ccc(Oc2ccc(S(=O)(=O)[O-])cc2)cc1.[K+]. The van der Waals surface area contributed by atoms with Crippen LogP contribution in [-0.4, -0.2) is 13.0 Å². The van der Waals surface area contributed by atoms with Crippen molar-refractivity contribution in [3.05, 3.63) is 54.1 Å². The molecule has 0 aliphatic carbocycles. The van der Waals surface area contributed by atoms with E-state index in [4.69, 9.17) is 4.74 Å². The molecule has 0 aromatic heterocycles. The molecular weight excluding hydrogens is 375 g/mol. The van der Waals surface area contributed by atoms with E-state index < -0.39 is 10.1 Å². The van der Waals surface area contributed by atoms with Crippen LogP contribution in [0.5, 0.6) is 11.5 Å². The maximum Gasteiger partial charge on any atom is 1.00 e. The molecule has 0 aliphatic heterocycles. The van der Waals surface area contributed by atoms with Gasteiger partial charge < -0.3 is 9.29 Å². The molecular formula is C20H25KO4S. The Balaban J connectivity index is 0.00000338. The summed E-state index contributed by atoms with van der Waals surface area (Å²) in [4.78, 5) is -0.255. The first-order chi connectivity index (χ1) is 12.0. The fourth-order valence-electron chi connectivity index (χ4n) is 2.64. The summed E-state index contributed by atoms with van der Waals surface area (Å²) in [6.45, 7) is 2.23. The molecule has 0 unspecified atom stereocenters. The Morgan fingerprint density at radius 3 is 1.85 bits per heavy atom. The van der Waals surface area contributed by atoms with Crippen LogP contribution in [0.15, 0.2) is 53.4 Å². The van der Waals surface area contributed by atoms with Gasteiger partial charge in [0.15, 0.2) is 0 Å². The molecule has 26 heavy (non-hydrogen) atoms. The summed E-state index contributed by atoms with van der Waals surface area (Å²) in [7, 11) is -4.42. The summed E-state index contributed by atoms with van der Waals surface area (Å²) in [6, 6.07) is 13.4. The zero-order valence-corrected chi connectivity index (χ0v) is 19.5. The van der Waals surface area contributed by atoms with E-state index in [2.05, 4.69) is 19.1 Å². The van der Waals surface area contributed by atoms with Gasteiger partial charge in [-0.2, -0.15) is 0 Å². The van der Waals surface area contributed by atoms with Crippen LogP contribution in [0, 0.1) is 0 Å². The quantitative estimate of drug-likeness (QED) is 0.349. The zero-order valence-electron chi connectivity index (χ0n) is 15.6. The van der Waals surface area contributed by atoms with Gasteiger partial charge in [0.2, 0.25) is 0 Å². The average molecular weight is 401 g/mol. The molecule has 0 radical (unpaired) electrons. The van der Waals surface area contributed by atoms with Crippen LogP contribution >= 0.6 is 0 Å². The second kappa shape index (κ2) is 12.3. The molecule has 0 fully saturated rings. The summed E-state index contributed by atoms with van der Waals surface area (Å²) < 4.78 is 38.4. The zero-order chi connectivity index (χ0) is 18.1. The normalized spacial score (nSPS) is 11.0. The van der Waals surface area contributed by atoms with Crippen LogP contribution in [0.2, 0.25) is 0 Å². The minimum atomic E-state index is -4.42. The minimum absolute atomic E-state index is 0. The van der Waals surface area contributed by atoms with E-state index in [9.17, 15) is 13.0 Å². The van der Waals surface area contributed by atoms with Gasteiger partial charge in [-0.1, -0.05) is 51.2 Å². The average Bonchev–Trinajstić information content (AvgIpc) is 2.59. The molecule has 2 aromatic carbocycles. The molecule has 0 saturated carbocycles. The van der Waals surface area contributed by atoms with Crippen molar-refractivity contribution in [2.24, 2.45) is 0 Å². The number of unbranched alkanes of at least 4 members (excludes halogenated alkanes) is 5. The summed E-state index contributed by atoms with van der Waals surface area (Å²) in [5, 5.41) is 0. The van der Waals surface area contributed by atoms with E-state index >= 15 is 0 Å². The van der Waals surface area contributed by atoms with E-state index in [0.717, 1.165) is 6.42 Å². The van der Waals surface area contributed by atoms with Crippen LogP contribution in [0.1, 0.15) is 51.0 Å². The Kier molecular flexibility index (Phi) is 11.3. The van der Waals surface area contributed by atoms with Gasteiger partial charge >= 0.3 is 51.4 Å². The summed E-state index contributed by atoms with van der Waals surface area (Å²) >= 11 is 0. The molecule has 2 aromatic rings. The molecule has 0 saturated heterocycles. The Morgan fingerprint density at radius 2 is 1.31 bits per heavy atom. The van der Waals surface area contributed by atoms with E-state index in [0.29, 0.717) is 11.5 Å². The van der Waals surface area contributed by atoms with Crippen molar-refractivity contribution in [3.8, 4) is 11.5 Å². The summed E-state index contributed by atoms with van der Waals surface area (Å²) in [6.07, 6.45) is 8.79. The third-order valence-electron chi connectivity index (χ3n) is 4.09. The first-order valence-electron chi connectivity index (χ1n) is 8.82. The third-order valence-corrected chi connectivity index (χ3v) is 4.94. The summed E-state index contributed by atoms with van der Waals surface area (Å²) in [5.74, 6) is 1.18. The Morgan fingerprint density at radius 1 is 0.808 bits per heavy atom. The van der Waals surface area contributed by atoms with Crippen molar-refractivity contribution in [3.63, 3.8) is 0 Å². The second-order valence-corrected chi connectivity index (χ2v) is 7.57. The van der Waals surface area contributed by atoms with Gasteiger partial charge in [0.25, 0.3) is 0 Å². The summed E-state index contributed by atoms with van der Waals surface area (Å²) in [5.41, 5.74) is 1.29. The molecule has 6 heteroatoms. The molecule has 0 aliphatic rings. The third kappa shape index (κ3) is 8.65. The number of aryl methyl sites for hydroxylation is 1. The topological polar surface area (TPSA) is 66.4 Å². The maximum absolute atomic E-state index is 10.9. The molecule has 0 amide bonds. The van der Waals surface area contributed by atoms with Gasteiger partial charge in [0, 0.05) is 0 Å². The predicted molar refractivity (Wildman–Crippen MR) is 98.0 cm³/mol. The molecule has 0 heterocycles. The van der Waals surface area contributed by atoms with Crippen LogP contribution in [0.3, 0.4) is 0 Å². The van der Waals surface area contributed by atoms with Crippen molar-refractivity contribution in [2.75, 3.05) is 0 Å².